The fourth-order valence-corrected chi connectivity index (χ4v) is 2.75. The molecule has 0 aliphatic rings. The number of aryl methyl sites for hydroxylation is 1. The minimum absolute atomic E-state index is 0.336. The number of aromatic nitrogens is 3. The van der Waals surface area contributed by atoms with E-state index in [4.69, 9.17) is 4.74 Å². The van der Waals surface area contributed by atoms with Crippen molar-refractivity contribution in [1.82, 2.24) is 14.8 Å². The van der Waals surface area contributed by atoms with Gasteiger partial charge in [0.25, 0.3) is 0 Å². The Kier molecular flexibility index (Phi) is 5.18. The Bertz CT molecular complexity index is 459. The summed E-state index contributed by atoms with van der Waals surface area (Å²) < 4.78 is 7.27. The fourth-order valence-electron chi connectivity index (χ4n) is 1.31. The van der Waals surface area contributed by atoms with Crippen molar-refractivity contribution in [2.45, 2.75) is 17.9 Å². The van der Waals surface area contributed by atoms with Gasteiger partial charge in [0.15, 0.2) is 5.16 Å². The van der Waals surface area contributed by atoms with Crippen molar-refractivity contribution < 1.29 is 9.84 Å². The highest BCUT2D eigenvalue weighted by molar-refractivity contribution is 7.99. The number of thiophene rings is 1. The molecule has 98 valence electrons. The number of thioether (sulfide) groups is 1. The van der Waals surface area contributed by atoms with E-state index in [9.17, 15) is 5.11 Å². The lowest BCUT2D eigenvalue weighted by atomic mass is 10.4. The Morgan fingerprint density at radius 3 is 3.17 bits per heavy atom. The first-order valence-electron chi connectivity index (χ1n) is 5.50. The Labute approximate surface area is 114 Å². The zero-order chi connectivity index (χ0) is 12.8. The normalized spacial score (nSPS) is 12.8. The number of aliphatic hydroxyl groups is 1. The van der Waals surface area contributed by atoms with Crippen LogP contribution in [0.3, 0.4) is 0 Å². The van der Waals surface area contributed by atoms with Crippen molar-refractivity contribution in [3.63, 3.8) is 0 Å². The van der Waals surface area contributed by atoms with Gasteiger partial charge in [-0.1, -0.05) is 17.8 Å². The largest absolute Gasteiger partial charge is 0.390 e. The molecule has 1 unspecified atom stereocenters. The summed E-state index contributed by atoms with van der Waals surface area (Å²) >= 11 is 3.13. The Morgan fingerprint density at radius 1 is 1.61 bits per heavy atom. The van der Waals surface area contributed by atoms with Gasteiger partial charge in [0.05, 0.1) is 19.3 Å². The second-order valence-corrected chi connectivity index (χ2v) is 5.80. The summed E-state index contributed by atoms with van der Waals surface area (Å²) in [5.74, 6) is 0.553. The molecule has 1 N–H and O–H groups in total. The summed E-state index contributed by atoms with van der Waals surface area (Å²) in [6, 6.07) is 4.01. The van der Waals surface area contributed by atoms with Crippen LogP contribution in [-0.2, 0) is 18.4 Å². The van der Waals surface area contributed by atoms with Gasteiger partial charge in [0.1, 0.15) is 6.33 Å². The van der Waals surface area contributed by atoms with Crippen LogP contribution in [0, 0.1) is 0 Å². The fraction of sp³-hybridized carbons (Fsp3) is 0.455. The number of nitrogens with zero attached hydrogens (tertiary/aromatic N) is 3. The van der Waals surface area contributed by atoms with Gasteiger partial charge in [-0.05, 0) is 11.4 Å². The topological polar surface area (TPSA) is 60.2 Å². The molecule has 0 amide bonds. The van der Waals surface area contributed by atoms with E-state index in [1.807, 2.05) is 29.1 Å². The maximum Gasteiger partial charge on any atom is 0.190 e. The molecule has 0 saturated carbocycles. The lowest BCUT2D eigenvalue weighted by Gasteiger charge is -2.09. The summed E-state index contributed by atoms with van der Waals surface area (Å²) in [5, 5.41) is 20.3. The van der Waals surface area contributed by atoms with Gasteiger partial charge in [-0.3, -0.25) is 0 Å². The molecule has 0 aliphatic carbocycles. The molecule has 2 heterocycles. The van der Waals surface area contributed by atoms with E-state index >= 15 is 0 Å². The minimum Gasteiger partial charge on any atom is -0.390 e. The molecule has 1 atom stereocenters. The van der Waals surface area contributed by atoms with Crippen molar-refractivity contribution >= 4 is 23.1 Å². The van der Waals surface area contributed by atoms with E-state index in [0.717, 1.165) is 5.16 Å². The van der Waals surface area contributed by atoms with Gasteiger partial charge >= 0.3 is 0 Å². The smallest absolute Gasteiger partial charge is 0.190 e. The standard InChI is InChI=1S/C11H15N3O2S2/c1-14-8-12-13-11(14)18-7-9(15)5-16-6-10-3-2-4-17-10/h2-4,8-9,15H,5-7H2,1H3. The van der Waals surface area contributed by atoms with Crippen LogP contribution in [0.5, 0.6) is 0 Å². The van der Waals surface area contributed by atoms with Gasteiger partial charge in [0.2, 0.25) is 0 Å². The summed E-state index contributed by atoms with van der Waals surface area (Å²) in [6.07, 6.45) is 1.15. The third-order valence-corrected chi connectivity index (χ3v) is 4.24. The Hall–Kier alpha value is -0.890. The number of ether oxygens (including phenoxy) is 1. The van der Waals surface area contributed by atoms with Crippen molar-refractivity contribution in [1.29, 1.82) is 0 Å². The molecule has 0 bridgehead atoms. The molecule has 2 aromatic heterocycles. The minimum atomic E-state index is -0.494. The van der Waals surface area contributed by atoms with Crippen LogP contribution in [0.15, 0.2) is 29.0 Å². The molecule has 0 saturated heterocycles. The first kappa shape index (κ1) is 13.5. The molecular formula is C11H15N3O2S2. The average Bonchev–Trinajstić information content (AvgIpc) is 2.98. The molecule has 18 heavy (non-hydrogen) atoms. The highest BCUT2D eigenvalue weighted by Gasteiger charge is 2.08. The Balaban J connectivity index is 1.63. The van der Waals surface area contributed by atoms with Gasteiger partial charge in [-0.15, -0.1) is 21.5 Å². The monoisotopic (exact) mass is 285 g/mol. The van der Waals surface area contributed by atoms with Crippen molar-refractivity contribution in [3.8, 4) is 0 Å². The van der Waals surface area contributed by atoms with Crippen LogP contribution in [0.2, 0.25) is 0 Å². The quantitative estimate of drug-likeness (QED) is 0.782. The van der Waals surface area contributed by atoms with E-state index in [-0.39, 0.29) is 0 Å². The molecular weight excluding hydrogens is 270 g/mol. The van der Waals surface area contributed by atoms with Gasteiger partial charge in [-0.25, -0.2) is 0 Å². The predicted octanol–water partition coefficient (Wildman–Crippen LogP) is 1.55. The van der Waals surface area contributed by atoms with Crippen molar-refractivity contribution in [2.24, 2.45) is 7.05 Å². The zero-order valence-electron chi connectivity index (χ0n) is 10.0. The van der Waals surface area contributed by atoms with E-state index < -0.39 is 6.10 Å². The maximum atomic E-state index is 9.77. The van der Waals surface area contributed by atoms with Crippen molar-refractivity contribution in [2.75, 3.05) is 12.4 Å². The predicted molar refractivity (Wildman–Crippen MR) is 71.7 cm³/mol. The van der Waals surface area contributed by atoms with Crippen LogP contribution in [0.25, 0.3) is 0 Å². The molecule has 7 heteroatoms. The van der Waals surface area contributed by atoms with Crippen LogP contribution >= 0.6 is 23.1 Å². The molecule has 0 aromatic carbocycles. The Morgan fingerprint density at radius 2 is 2.50 bits per heavy atom. The average molecular weight is 285 g/mol. The van der Waals surface area contributed by atoms with Gasteiger partial charge in [0, 0.05) is 17.7 Å². The van der Waals surface area contributed by atoms with Crippen LogP contribution < -0.4 is 0 Å². The summed E-state index contributed by atoms with van der Waals surface area (Å²) in [4.78, 5) is 1.17. The van der Waals surface area contributed by atoms with Crippen LogP contribution in [0.1, 0.15) is 4.88 Å². The highest BCUT2D eigenvalue weighted by Crippen LogP contribution is 2.15. The molecule has 0 spiro atoms. The first-order valence-corrected chi connectivity index (χ1v) is 7.37. The number of aliphatic hydroxyl groups excluding tert-OH is 1. The number of hydrogen-bond acceptors (Lipinski definition) is 6. The molecule has 0 aliphatic heterocycles. The van der Waals surface area contributed by atoms with E-state index in [2.05, 4.69) is 10.2 Å². The van der Waals surface area contributed by atoms with Gasteiger partial charge in [-0.2, -0.15) is 0 Å². The number of rotatable bonds is 7. The summed E-state index contributed by atoms with van der Waals surface area (Å²) in [5.41, 5.74) is 0. The lowest BCUT2D eigenvalue weighted by molar-refractivity contribution is 0.0408. The zero-order valence-corrected chi connectivity index (χ0v) is 11.7. The third-order valence-electron chi connectivity index (χ3n) is 2.21. The molecule has 5 nitrogen and oxygen atoms in total. The van der Waals surface area contributed by atoms with E-state index in [1.165, 1.54) is 16.6 Å². The maximum absolute atomic E-state index is 9.77. The first-order chi connectivity index (χ1) is 8.75. The van der Waals surface area contributed by atoms with E-state index in [0.29, 0.717) is 19.0 Å². The third kappa shape index (κ3) is 4.09. The van der Waals surface area contributed by atoms with Crippen LogP contribution in [0.4, 0.5) is 0 Å². The molecule has 2 aromatic rings. The van der Waals surface area contributed by atoms with Crippen molar-refractivity contribution in [3.05, 3.63) is 28.7 Å². The van der Waals surface area contributed by atoms with Gasteiger partial charge < -0.3 is 14.4 Å². The molecule has 2 rings (SSSR count). The molecule has 0 fully saturated rings. The SMILES string of the molecule is Cn1cnnc1SCC(O)COCc1cccs1. The summed E-state index contributed by atoms with van der Waals surface area (Å²) in [7, 11) is 1.88. The van der Waals surface area contributed by atoms with E-state index in [1.54, 1.807) is 17.7 Å². The molecule has 0 radical (unpaired) electrons. The second kappa shape index (κ2) is 6.89. The highest BCUT2D eigenvalue weighted by atomic mass is 32.2. The number of hydrogen-bond donors (Lipinski definition) is 1. The second-order valence-electron chi connectivity index (χ2n) is 3.78. The lowest BCUT2D eigenvalue weighted by Crippen LogP contribution is -2.18. The summed E-state index contributed by atoms with van der Waals surface area (Å²) in [6.45, 7) is 0.895. The van der Waals surface area contributed by atoms with Crippen LogP contribution in [-0.4, -0.2) is 38.3 Å².